The van der Waals surface area contributed by atoms with Gasteiger partial charge in [-0.3, -0.25) is 0 Å². The topological polar surface area (TPSA) is 20.2 Å². The number of benzene rings is 1. The van der Waals surface area contributed by atoms with E-state index in [0.29, 0.717) is 16.2 Å². The van der Waals surface area contributed by atoms with Crippen molar-refractivity contribution in [2.45, 2.75) is 37.5 Å². The fourth-order valence-electron chi connectivity index (χ4n) is 1.08. The number of aliphatic hydroxyl groups is 1. The molecule has 0 saturated heterocycles. The Bertz CT molecular complexity index is 325. The molecule has 0 aliphatic rings. The van der Waals surface area contributed by atoms with Crippen molar-refractivity contribution in [3.63, 3.8) is 0 Å². The van der Waals surface area contributed by atoms with Gasteiger partial charge >= 0.3 is 0 Å². The number of aliphatic hydroxyl groups excluding tert-OH is 1. The zero-order valence-corrected chi connectivity index (χ0v) is 10.9. The van der Waals surface area contributed by atoms with Crippen molar-refractivity contribution in [1.29, 1.82) is 0 Å². The molecule has 0 amide bonds. The molecule has 84 valence electrons. The summed E-state index contributed by atoms with van der Waals surface area (Å²) in [5.41, 5.74) is 0.790. The van der Waals surface area contributed by atoms with Crippen molar-refractivity contribution in [3.8, 4) is 0 Å². The molecular formula is C12H17ClOS. The standard InChI is InChI=1S/C12H17ClOS/c1-8(2)9(3)15-11-5-4-10(7-14)12(13)6-11/h4-6,8-9,14H,7H2,1-3H3. The van der Waals surface area contributed by atoms with Crippen molar-refractivity contribution >= 4 is 23.4 Å². The van der Waals surface area contributed by atoms with Gasteiger partial charge in [0.25, 0.3) is 0 Å². The van der Waals surface area contributed by atoms with Gasteiger partial charge in [0.05, 0.1) is 6.61 Å². The summed E-state index contributed by atoms with van der Waals surface area (Å²) in [5, 5.41) is 10.2. The summed E-state index contributed by atoms with van der Waals surface area (Å²) >= 11 is 7.84. The molecule has 0 aromatic heterocycles. The fraction of sp³-hybridized carbons (Fsp3) is 0.500. The van der Waals surface area contributed by atoms with E-state index in [9.17, 15) is 0 Å². The van der Waals surface area contributed by atoms with Crippen LogP contribution < -0.4 is 0 Å². The molecule has 1 nitrogen and oxygen atoms in total. The van der Waals surface area contributed by atoms with Gasteiger partial charge in [-0.1, -0.05) is 38.4 Å². The van der Waals surface area contributed by atoms with E-state index in [1.807, 2.05) is 30.0 Å². The number of hydrogen-bond acceptors (Lipinski definition) is 2. The normalized spacial score (nSPS) is 13.2. The van der Waals surface area contributed by atoms with E-state index in [2.05, 4.69) is 20.8 Å². The highest BCUT2D eigenvalue weighted by Gasteiger charge is 2.09. The first-order valence-electron chi connectivity index (χ1n) is 5.10. The van der Waals surface area contributed by atoms with E-state index < -0.39 is 0 Å². The lowest BCUT2D eigenvalue weighted by atomic mass is 10.2. The van der Waals surface area contributed by atoms with Crippen molar-refractivity contribution in [1.82, 2.24) is 0 Å². The number of rotatable bonds is 4. The van der Waals surface area contributed by atoms with Crippen LogP contribution in [0.3, 0.4) is 0 Å². The summed E-state index contributed by atoms with van der Waals surface area (Å²) in [4.78, 5) is 1.17. The van der Waals surface area contributed by atoms with Crippen LogP contribution in [0.1, 0.15) is 26.3 Å². The van der Waals surface area contributed by atoms with Crippen LogP contribution in [0, 0.1) is 5.92 Å². The van der Waals surface area contributed by atoms with E-state index in [-0.39, 0.29) is 6.61 Å². The van der Waals surface area contributed by atoms with Crippen LogP contribution >= 0.6 is 23.4 Å². The van der Waals surface area contributed by atoms with Crippen LogP contribution in [-0.4, -0.2) is 10.4 Å². The Balaban J connectivity index is 2.75. The molecule has 3 heteroatoms. The van der Waals surface area contributed by atoms with E-state index in [4.69, 9.17) is 16.7 Å². The minimum Gasteiger partial charge on any atom is -0.392 e. The zero-order chi connectivity index (χ0) is 11.4. The summed E-state index contributed by atoms with van der Waals surface area (Å²) in [5.74, 6) is 0.645. The van der Waals surface area contributed by atoms with Crippen molar-refractivity contribution in [3.05, 3.63) is 28.8 Å². The Labute approximate surface area is 101 Å². The maximum Gasteiger partial charge on any atom is 0.0696 e. The molecule has 1 N–H and O–H groups in total. The van der Waals surface area contributed by atoms with Crippen molar-refractivity contribution < 1.29 is 5.11 Å². The number of hydrogen-bond donors (Lipinski definition) is 1. The molecule has 0 aliphatic heterocycles. The second kappa shape index (κ2) is 5.78. The Hall–Kier alpha value is -0.180. The smallest absolute Gasteiger partial charge is 0.0696 e. The summed E-state index contributed by atoms with van der Waals surface area (Å²) < 4.78 is 0. The second-order valence-electron chi connectivity index (χ2n) is 3.98. The molecule has 15 heavy (non-hydrogen) atoms. The van der Waals surface area contributed by atoms with Gasteiger partial charge in [0.2, 0.25) is 0 Å². The first kappa shape index (κ1) is 12.9. The summed E-state index contributed by atoms with van der Waals surface area (Å²) in [6, 6.07) is 5.83. The third-order valence-corrected chi connectivity index (χ3v) is 4.25. The van der Waals surface area contributed by atoms with Crippen LogP contribution in [0.2, 0.25) is 5.02 Å². The van der Waals surface area contributed by atoms with Crippen LogP contribution in [0.4, 0.5) is 0 Å². The Morgan fingerprint density at radius 1 is 1.33 bits per heavy atom. The van der Waals surface area contributed by atoms with E-state index in [1.54, 1.807) is 0 Å². The minimum absolute atomic E-state index is 0.00349. The average Bonchev–Trinajstić information content (AvgIpc) is 2.18. The van der Waals surface area contributed by atoms with Gasteiger partial charge in [-0.2, -0.15) is 0 Å². The van der Waals surface area contributed by atoms with Gasteiger partial charge in [-0.25, -0.2) is 0 Å². The van der Waals surface area contributed by atoms with Crippen LogP contribution in [0.5, 0.6) is 0 Å². The van der Waals surface area contributed by atoms with Gasteiger partial charge in [0.1, 0.15) is 0 Å². The summed E-state index contributed by atoms with van der Waals surface area (Å²) in [7, 11) is 0. The number of thioether (sulfide) groups is 1. The maximum absolute atomic E-state index is 8.99. The van der Waals surface area contributed by atoms with Gasteiger partial charge < -0.3 is 5.11 Å². The molecule has 0 bridgehead atoms. The lowest BCUT2D eigenvalue weighted by Crippen LogP contribution is -2.05. The van der Waals surface area contributed by atoms with Gasteiger partial charge in [-0.05, 0) is 23.6 Å². The van der Waals surface area contributed by atoms with E-state index in [0.717, 1.165) is 5.56 Å². The minimum atomic E-state index is 0.00349. The Morgan fingerprint density at radius 3 is 2.47 bits per heavy atom. The Kier molecular flexibility index (Phi) is 4.97. The summed E-state index contributed by atoms with van der Waals surface area (Å²) in [6.45, 7) is 6.63. The van der Waals surface area contributed by atoms with Crippen molar-refractivity contribution in [2.75, 3.05) is 0 Å². The van der Waals surface area contributed by atoms with E-state index >= 15 is 0 Å². The molecule has 0 saturated carbocycles. The predicted molar refractivity (Wildman–Crippen MR) is 67.5 cm³/mol. The summed E-state index contributed by atoms with van der Waals surface area (Å²) in [6.07, 6.45) is 0. The molecule has 1 rings (SSSR count). The zero-order valence-electron chi connectivity index (χ0n) is 9.33. The molecule has 1 unspecified atom stereocenters. The largest absolute Gasteiger partial charge is 0.392 e. The first-order chi connectivity index (χ1) is 7.04. The molecule has 0 spiro atoms. The highest BCUT2D eigenvalue weighted by Crippen LogP contribution is 2.30. The molecule has 1 aromatic rings. The van der Waals surface area contributed by atoms with Crippen LogP contribution in [-0.2, 0) is 6.61 Å². The first-order valence-corrected chi connectivity index (χ1v) is 6.36. The third-order valence-electron chi connectivity index (χ3n) is 2.46. The highest BCUT2D eigenvalue weighted by atomic mass is 35.5. The highest BCUT2D eigenvalue weighted by molar-refractivity contribution is 8.00. The molecule has 1 atom stereocenters. The Morgan fingerprint density at radius 2 is 2.00 bits per heavy atom. The molecular weight excluding hydrogens is 228 g/mol. The molecule has 0 aliphatic carbocycles. The van der Waals surface area contributed by atoms with Crippen LogP contribution in [0.15, 0.2) is 23.1 Å². The quantitative estimate of drug-likeness (QED) is 0.809. The van der Waals surface area contributed by atoms with E-state index in [1.165, 1.54) is 4.90 Å². The average molecular weight is 245 g/mol. The fourth-order valence-corrected chi connectivity index (χ4v) is 2.42. The third kappa shape index (κ3) is 3.71. The van der Waals surface area contributed by atoms with Crippen molar-refractivity contribution in [2.24, 2.45) is 5.92 Å². The molecule has 0 heterocycles. The second-order valence-corrected chi connectivity index (χ2v) is 5.84. The van der Waals surface area contributed by atoms with Crippen LogP contribution in [0.25, 0.3) is 0 Å². The lowest BCUT2D eigenvalue weighted by molar-refractivity contribution is 0.282. The monoisotopic (exact) mass is 244 g/mol. The van der Waals surface area contributed by atoms with Gasteiger partial charge in [-0.15, -0.1) is 11.8 Å². The lowest BCUT2D eigenvalue weighted by Gasteiger charge is -2.15. The number of halogens is 1. The molecule has 0 fully saturated rings. The predicted octanol–water partition coefficient (Wildman–Crippen LogP) is 3.97. The van der Waals surface area contributed by atoms with Gasteiger partial charge in [0.15, 0.2) is 0 Å². The molecule has 1 aromatic carbocycles. The molecule has 0 radical (unpaired) electrons. The van der Waals surface area contributed by atoms with Gasteiger partial charge in [0, 0.05) is 15.2 Å². The maximum atomic E-state index is 8.99. The SMILES string of the molecule is CC(C)C(C)Sc1ccc(CO)c(Cl)c1.